The Morgan fingerprint density at radius 1 is 1.16 bits per heavy atom. The van der Waals surface area contributed by atoms with E-state index in [9.17, 15) is 18.0 Å². The van der Waals surface area contributed by atoms with Crippen molar-refractivity contribution in [2.75, 3.05) is 26.1 Å². The van der Waals surface area contributed by atoms with Gasteiger partial charge in [0.25, 0.3) is 5.91 Å². The monoisotopic (exact) mass is 463 g/mol. The number of anilines is 1. The van der Waals surface area contributed by atoms with Crippen LogP contribution in [0.15, 0.2) is 35.5 Å². The molecule has 2 aromatic heterocycles. The van der Waals surface area contributed by atoms with Crippen molar-refractivity contribution in [1.29, 1.82) is 0 Å². The van der Waals surface area contributed by atoms with E-state index < -0.39 is 21.9 Å². The van der Waals surface area contributed by atoms with Gasteiger partial charge in [0.05, 0.1) is 16.9 Å². The third-order valence-corrected chi connectivity index (χ3v) is 7.39. The SMILES string of the molecule is CCOC(=O)c1sc2ncnc(NNC(=O)c3ccc(S(=O)(=O)N(C)C)cc3)c2c1C. The maximum Gasteiger partial charge on any atom is 0.348 e. The molecule has 1 aromatic carbocycles. The fraction of sp³-hybridized carbons (Fsp3) is 0.263. The first-order valence-corrected chi connectivity index (χ1v) is 11.4. The Hall–Kier alpha value is -3.09. The molecule has 10 nitrogen and oxygen atoms in total. The van der Waals surface area contributed by atoms with E-state index in [0.717, 1.165) is 4.31 Å². The van der Waals surface area contributed by atoms with Crippen LogP contribution in [0.3, 0.4) is 0 Å². The highest BCUT2D eigenvalue weighted by molar-refractivity contribution is 7.89. The number of hydrogen-bond donors (Lipinski definition) is 2. The number of amides is 1. The van der Waals surface area contributed by atoms with Crippen molar-refractivity contribution in [2.24, 2.45) is 0 Å². The zero-order valence-electron chi connectivity index (χ0n) is 17.3. The number of aryl methyl sites for hydroxylation is 1. The molecule has 2 N–H and O–H groups in total. The number of ether oxygens (including phenoxy) is 1. The summed E-state index contributed by atoms with van der Waals surface area (Å²) in [5, 5.41) is 0.600. The van der Waals surface area contributed by atoms with Crippen molar-refractivity contribution in [2.45, 2.75) is 18.7 Å². The largest absolute Gasteiger partial charge is 0.462 e. The van der Waals surface area contributed by atoms with Crippen LogP contribution in [0.1, 0.15) is 32.5 Å². The Labute approximate surface area is 183 Å². The maximum absolute atomic E-state index is 12.5. The number of nitrogens with one attached hydrogen (secondary N) is 2. The van der Waals surface area contributed by atoms with E-state index in [1.165, 1.54) is 56.0 Å². The average molecular weight is 464 g/mol. The number of hydrogen-bond acceptors (Lipinski definition) is 9. The molecule has 12 heteroatoms. The second-order valence-electron chi connectivity index (χ2n) is 6.57. The lowest BCUT2D eigenvalue weighted by molar-refractivity contribution is 0.0531. The summed E-state index contributed by atoms with van der Waals surface area (Å²) in [5.74, 6) is -0.598. The van der Waals surface area contributed by atoms with E-state index in [0.29, 0.717) is 26.5 Å². The number of carbonyl (C=O) groups excluding carboxylic acids is 2. The molecular formula is C19H21N5O5S2. The third-order valence-electron chi connectivity index (χ3n) is 4.38. The van der Waals surface area contributed by atoms with E-state index >= 15 is 0 Å². The smallest absolute Gasteiger partial charge is 0.348 e. The molecule has 0 aliphatic heterocycles. The van der Waals surface area contributed by atoms with Crippen LogP contribution in [0.4, 0.5) is 5.82 Å². The van der Waals surface area contributed by atoms with Crippen molar-refractivity contribution in [3.63, 3.8) is 0 Å². The fourth-order valence-corrected chi connectivity index (χ4v) is 4.68. The first kappa shape index (κ1) is 22.6. The summed E-state index contributed by atoms with van der Waals surface area (Å²) in [6.07, 6.45) is 1.32. The van der Waals surface area contributed by atoms with Gasteiger partial charge in [-0.3, -0.25) is 15.6 Å². The Balaban J connectivity index is 1.80. The highest BCUT2D eigenvalue weighted by Crippen LogP contribution is 2.33. The lowest BCUT2D eigenvalue weighted by atomic mass is 10.2. The topological polar surface area (TPSA) is 131 Å². The van der Waals surface area contributed by atoms with Gasteiger partial charge in [-0.15, -0.1) is 11.3 Å². The van der Waals surface area contributed by atoms with Crippen LogP contribution in [0.2, 0.25) is 0 Å². The minimum Gasteiger partial charge on any atom is -0.462 e. The number of sulfonamides is 1. The molecule has 0 unspecified atom stereocenters. The summed E-state index contributed by atoms with van der Waals surface area (Å²) in [6.45, 7) is 3.74. The van der Waals surface area contributed by atoms with Gasteiger partial charge in [0.1, 0.15) is 16.0 Å². The molecule has 3 rings (SSSR count). The highest BCUT2D eigenvalue weighted by Gasteiger charge is 2.21. The summed E-state index contributed by atoms with van der Waals surface area (Å²) < 4.78 is 30.4. The minimum atomic E-state index is -3.58. The van der Waals surface area contributed by atoms with Gasteiger partial charge in [-0.1, -0.05) is 0 Å². The Morgan fingerprint density at radius 3 is 2.45 bits per heavy atom. The molecule has 1 amide bonds. The molecule has 0 bridgehead atoms. The molecule has 0 fully saturated rings. The van der Waals surface area contributed by atoms with Gasteiger partial charge in [0.2, 0.25) is 10.0 Å². The standard InChI is InChI=1S/C19H21N5O5S2/c1-5-29-19(26)15-11(2)14-16(20-10-21-18(14)30-15)22-23-17(25)12-6-8-13(9-7-12)31(27,28)24(3)4/h6-10H,5H2,1-4H3,(H,23,25)(H,20,21,22). The zero-order chi connectivity index (χ0) is 22.8. The fourth-order valence-electron chi connectivity index (χ4n) is 2.73. The normalized spacial score (nSPS) is 11.5. The molecule has 2 heterocycles. The van der Waals surface area contributed by atoms with Crippen LogP contribution >= 0.6 is 11.3 Å². The number of esters is 1. The number of benzene rings is 1. The minimum absolute atomic E-state index is 0.0833. The Bertz CT molecular complexity index is 1240. The molecule has 0 spiro atoms. The van der Waals surface area contributed by atoms with Crippen LogP contribution in [-0.4, -0.2) is 55.3 Å². The number of hydrazine groups is 1. The number of fused-ring (bicyclic) bond motifs is 1. The highest BCUT2D eigenvalue weighted by atomic mass is 32.2. The van der Waals surface area contributed by atoms with Crippen molar-refractivity contribution in [3.8, 4) is 0 Å². The zero-order valence-corrected chi connectivity index (χ0v) is 18.9. The van der Waals surface area contributed by atoms with Gasteiger partial charge in [-0.05, 0) is 43.7 Å². The van der Waals surface area contributed by atoms with Crippen molar-refractivity contribution in [3.05, 3.63) is 46.6 Å². The van der Waals surface area contributed by atoms with Gasteiger partial charge in [-0.2, -0.15) is 0 Å². The lowest BCUT2D eigenvalue weighted by Gasteiger charge is -2.12. The molecule has 0 aliphatic carbocycles. The predicted molar refractivity (Wildman–Crippen MR) is 117 cm³/mol. The summed E-state index contributed by atoms with van der Waals surface area (Å²) in [7, 11) is -0.715. The molecular weight excluding hydrogens is 442 g/mol. The van der Waals surface area contributed by atoms with Crippen LogP contribution in [0.25, 0.3) is 10.2 Å². The van der Waals surface area contributed by atoms with Crippen LogP contribution in [-0.2, 0) is 14.8 Å². The molecule has 3 aromatic rings. The van der Waals surface area contributed by atoms with Gasteiger partial charge < -0.3 is 4.74 Å². The van der Waals surface area contributed by atoms with Crippen LogP contribution < -0.4 is 10.9 Å². The van der Waals surface area contributed by atoms with E-state index in [1.807, 2.05) is 0 Å². The number of nitrogens with zero attached hydrogens (tertiary/aromatic N) is 3. The van der Waals surface area contributed by atoms with E-state index in [-0.39, 0.29) is 17.1 Å². The third kappa shape index (κ3) is 4.50. The molecule has 0 atom stereocenters. The number of carbonyl (C=O) groups is 2. The predicted octanol–water partition coefficient (Wildman–Crippen LogP) is 2.18. The molecule has 0 saturated heterocycles. The van der Waals surface area contributed by atoms with E-state index in [4.69, 9.17) is 4.74 Å². The molecule has 0 radical (unpaired) electrons. The Kier molecular flexibility index (Phi) is 6.53. The quantitative estimate of drug-likeness (QED) is 0.403. The Morgan fingerprint density at radius 2 is 1.84 bits per heavy atom. The second-order valence-corrected chi connectivity index (χ2v) is 9.72. The summed E-state index contributed by atoms with van der Waals surface area (Å²) >= 11 is 1.18. The van der Waals surface area contributed by atoms with Crippen LogP contribution in [0.5, 0.6) is 0 Å². The van der Waals surface area contributed by atoms with Crippen molar-refractivity contribution >= 4 is 49.3 Å². The number of aromatic nitrogens is 2. The summed E-state index contributed by atoms with van der Waals surface area (Å²) in [4.78, 5) is 34.0. The first-order valence-electron chi connectivity index (χ1n) is 9.17. The second kappa shape index (κ2) is 8.96. The van der Waals surface area contributed by atoms with E-state index in [1.54, 1.807) is 13.8 Å². The van der Waals surface area contributed by atoms with Crippen molar-refractivity contribution < 1.29 is 22.7 Å². The molecule has 0 aliphatic rings. The maximum atomic E-state index is 12.5. The molecule has 31 heavy (non-hydrogen) atoms. The average Bonchev–Trinajstić information content (AvgIpc) is 3.09. The van der Waals surface area contributed by atoms with Gasteiger partial charge >= 0.3 is 5.97 Å². The molecule has 164 valence electrons. The lowest BCUT2D eigenvalue weighted by Crippen LogP contribution is -2.30. The molecule has 0 saturated carbocycles. The van der Waals surface area contributed by atoms with Gasteiger partial charge in [0.15, 0.2) is 5.82 Å². The van der Waals surface area contributed by atoms with Crippen LogP contribution in [0, 0.1) is 6.92 Å². The first-order chi connectivity index (χ1) is 14.7. The summed E-state index contributed by atoms with van der Waals surface area (Å²) in [6, 6.07) is 5.55. The summed E-state index contributed by atoms with van der Waals surface area (Å²) in [5.41, 5.74) is 6.18. The van der Waals surface area contributed by atoms with E-state index in [2.05, 4.69) is 20.8 Å². The van der Waals surface area contributed by atoms with Gasteiger partial charge in [0, 0.05) is 19.7 Å². The number of rotatable bonds is 7. The number of thiophene rings is 1. The van der Waals surface area contributed by atoms with Crippen molar-refractivity contribution in [1.82, 2.24) is 19.7 Å². The van der Waals surface area contributed by atoms with Gasteiger partial charge in [-0.25, -0.2) is 27.5 Å².